The minimum Gasteiger partial charge on any atom is -0.370 e. The molecule has 4 aromatic rings. The Hall–Kier alpha value is -2.75. The first-order chi connectivity index (χ1) is 14.6. The highest BCUT2D eigenvalue weighted by atomic mass is 32.1. The normalized spacial score (nSPS) is 15.2. The Bertz CT molecular complexity index is 1190. The van der Waals surface area contributed by atoms with Crippen molar-refractivity contribution in [3.05, 3.63) is 46.1 Å². The van der Waals surface area contributed by atoms with Crippen molar-refractivity contribution in [1.82, 2.24) is 30.2 Å². The van der Waals surface area contributed by atoms with Crippen LogP contribution in [0.1, 0.15) is 21.8 Å². The number of thiophene rings is 1. The summed E-state index contributed by atoms with van der Waals surface area (Å²) >= 11 is 1.69. The molecule has 0 spiro atoms. The first-order valence-corrected chi connectivity index (χ1v) is 11.0. The molecule has 9 heteroatoms. The zero-order chi connectivity index (χ0) is 20.7. The number of aryl methyl sites for hydroxylation is 3. The van der Waals surface area contributed by atoms with E-state index in [1.54, 1.807) is 16.1 Å². The van der Waals surface area contributed by atoms with E-state index in [1.165, 1.54) is 20.9 Å². The third-order valence-electron chi connectivity index (χ3n) is 5.58. The molecule has 1 aromatic carbocycles. The minimum atomic E-state index is 0.590. The molecule has 0 radical (unpaired) electrons. The fraction of sp³-hybridized carbons (Fsp3) is 0.381. The molecule has 0 saturated carbocycles. The number of quaternary nitrogens is 1. The summed E-state index contributed by atoms with van der Waals surface area (Å²) in [6.45, 7) is 10.6. The fourth-order valence-electron chi connectivity index (χ4n) is 3.68. The molecule has 1 aliphatic heterocycles. The average Bonchev–Trinajstić information content (AvgIpc) is 3.34. The lowest BCUT2D eigenvalue weighted by Crippen LogP contribution is -3.12. The second-order valence-corrected chi connectivity index (χ2v) is 8.94. The standard InChI is InChI=1S/C21H23N7OS/c1-13-4-6-16(7-5-13)19-24-26-28(25-19)20-18-14(2)15(3)30-21(18)23-17(22-20)12-27-8-10-29-11-9-27/h4-7H,8-12H2,1-3H3/p+1. The van der Waals surface area contributed by atoms with E-state index in [0.717, 1.165) is 54.5 Å². The minimum absolute atomic E-state index is 0.590. The van der Waals surface area contributed by atoms with E-state index in [9.17, 15) is 0 Å². The first-order valence-electron chi connectivity index (χ1n) is 10.1. The van der Waals surface area contributed by atoms with E-state index < -0.39 is 0 Å². The molecule has 0 bridgehead atoms. The topological polar surface area (TPSA) is 83.0 Å². The molecule has 4 heterocycles. The van der Waals surface area contributed by atoms with Gasteiger partial charge in [0.25, 0.3) is 0 Å². The van der Waals surface area contributed by atoms with Gasteiger partial charge < -0.3 is 9.64 Å². The third-order valence-corrected chi connectivity index (χ3v) is 6.68. The van der Waals surface area contributed by atoms with Gasteiger partial charge in [-0.1, -0.05) is 29.8 Å². The predicted molar refractivity (Wildman–Crippen MR) is 115 cm³/mol. The summed E-state index contributed by atoms with van der Waals surface area (Å²) in [5, 5.41) is 14.3. The number of nitrogens with one attached hydrogen (secondary N) is 1. The number of ether oxygens (including phenoxy) is 1. The van der Waals surface area contributed by atoms with E-state index >= 15 is 0 Å². The van der Waals surface area contributed by atoms with Gasteiger partial charge in [-0.2, -0.15) is 0 Å². The smallest absolute Gasteiger partial charge is 0.205 e. The molecule has 5 rings (SSSR count). The second kappa shape index (κ2) is 7.82. The molecule has 0 atom stereocenters. The van der Waals surface area contributed by atoms with Gasteiger partial charge in [-0.15, -0.1) is 26.3 Å². The highest BCUT2D eigenvalue weighted by molar-refractivity contribution is 7.18. The van der Waals surface area contributed by atoms with Crippen molar-refractivity contribution < 1.29 is 9.64 Å². The number of rotatable bonds is 4. The molecule has 30 heavy (non-hydrogen) atoms. The van der Waals surface area contributed by atoms with Gasteiger partial charge in [0.2, 0.25) is 5.82 Å². The summed E-state index contributed by atoms with van der Waals surface area (Å²) in [5.74, 6) is 2.10. The van der Waals surface area contributed by atoms with Crippen LogP contribution < -0.4 is 4.90 Å². The zero-order valence-electron chi connectivity index (χ0n) is 17.3. The number of hydrogen-bond acceptors (Lipinski definition) is 7. The van der Waals surface area contributed by atoms with Crippen LogP contribution in [0.15, 0.2) is 24.3 Å². The fourth-order valence-corrected chi connectivity index (χ4v) is 4.72. The lowest BCUT2D eigenvalue weighted by atomic mass is 10.1. The Labute approximate surface area is 178 Å². The van der Waals surface area contributed by atoms with E-state index in [1.807, 2.05) is 12.1 Å². The van der Waals surface area contributed by atoms with Crippen LogP contribution >= 0.6 is 11.3 Å². The van der Waals surface area contributed by atoms with Crippen LogP contribution in [0.2, 0.25) is 0 Å². The Morgan fingerprint density at radius 2 is 1.83 bits per heavy atom. The molecule has 0 unspecified atom stereocenters. The number of fused-ring (bicyclic) bond motifs is 1. The van der Waals surface area contributed by atoms with E-state index in [0.29, 0.717) is 11.6 Å². The molecule has 154 valence electrons. The third kappa shape index (κ3) is 3.60. The van der Waals surface area contributed by atoms with Crippen molar-refractivity contribution >= 4 is 21.6 Å². The van der Waals surface area contributed by atoms with Crippen molar-refractivity contribution in [1.29, 1.82) is 0 Å². The van der Waals surface area contributed by atoms with Gasteiger partial charge in [0.1, 0.15) is 24.5 Å². The monoisotopic (exact) mass is 422 g/mol. The summed E-state index contributed by atoms with van der Waals surface area (Å²) < 4.78 is 5.48. The maximum atomic E-state index is 5.48. The Morgan fingerprint density at radius 1 is 1.07 bits per heavy atom. The van der Waals surface area contributed by atoms with Crippen LogP contribution in [0.4, 0.5) is 0 Å². The number of tetrazole rings is 1. The van der Waals surface area contributed by atoms with E-state index in [4.69, 9.17) is 14.7 Å². The Kier molecular flexibility index (Phi) is 5.01. The number of nitrogens with zero attached hydrogens (tertiary/aromatic N) is 6. The summed E-state index contributed by atoms with van der Waals surface area (Å²) in [4.78, 5) is 15.0. The second-order valence-electron chi connectivity index (χ2n) is 7.73. The SMILES string of the molecule is Cc1ccc(-c2nnn(-c3nc(C[NH+]4CCOCC4)nc4sc(C)c(C)c34)n2)cc1. The molecule has 1 N–H and O–H groups in total. The van der Waals surface area contributed by atoms with Gasteiger partial charge >= 0.3 is 0 Å². The van der Waals surface area contributed by atoms with Crippen LogP contribution in [0.5, 0.6) is 0 Å². The summed E-state index contributed by atoms with van der Waals surface area (Å²) in [7, 11) is 0. The Balaban J connectivity index is 1.57. The summed E-state index contributed by atoms with van der Waals surface area (Å²) in [5.41, 5.74) is 3.31. The zero-order valence-corrected chi connectivity index (χ0v) is 18.2. The lowest BCUT2D eigenvalue weighted by molar-refractivity contribution is -0.922. The largest absolute Gasteiger partial charge is 0.370 e. The maximum absolute atomic E-state index is 5.48. The predicted octanol–water partition coefficient (Wildman–Crippen LogP) is 1.67. The van der Waals surface area contributed by atoms with Gasteiger partial charge in [-0.3, -0.25) is 0 Å². The van der Waals surface area contributed by atoms with Crippen LogP contribution in [0.25, 0.3) is 27.4 Å². The molecule has 8 nitrogen and oxygen atoms in total. The van der Waals surface area contributed by atoms with Gasteiger partial charge in [0, 0.05) is 10.4 Å². The number of hydrogen-bond donors (Lipinski definition) is 1. The van der Waals surface area contributed by atoms with Crippen molar-refractivity contribution in [2.24, 2.45) is 0 Å². The highest BCUT2D eigenvalue weighted by Gasteiger charge is 2.22. The molecule has 0 amide bonds. The average molecular weight is 423 g/mol. The van der Waals surface area contributed by atoms with Crippen molar-refractivity contribution in [2.75, 3.05) is 26.3 Å². The van der Waals surface area contributed by atoms with Crippen LogP contribution in [0.3, 0.4) is 0 Å². The number of aromatic nitrogens is 6. The number of morpholine rings is 1. The Morgan fingerprint density at radius 3 is 2.60 bits per heavy atom. The van der Waals surface area contributed by atoms with E-state index in [2.05, 4.69) is 48.3 Å². The summed E-state index contributed by atoms with van der Waals surface area (Å²) in [6.07, 6.45) is 0. The number of benzene rings is 1. The van der Waals surface area contributed by atoms with Crippen LogP contribution in [-0.4, -0.2) is 56.5 Å². The highest BCUT2D eigenvalue weighted by Crippen LogP contribution is 2.32. The molecule has 1 saturated heterocycles. The lowest BCUT2D eigenvalue weighted by Gasteiger charge is -2.23. The van der Waals surface area contributed by atoms with E-state index in [-0.39, 0.29) is 0 Å². The van der Waals surface area contributed by atoms with Gasteiger partial charge in [0.15, 0.2) is 11.6 Å². The van der Waals surface area contributed by atoms with Gasteiger partial charge in [-0.05, 0) is 31.5 Å². The first kappa shape index (κ1) is 19.2. The quantitative estimate of drug-likeness (QED) is 0.539. The maximum Gasteiger partial charge on any atom is 0.205 e. The van der Waals surface area contributed by atoms with Gasteiger partial charge in [-0.25, -0.2) is 9.97 Å². The van der Waals surface area contributed by atoms with Crippen molar-refractivity contribution in [3.63, 3.8) is 0 Å². The van der Waals surface area contributed by atoms with Gasteiger partial charge in [0.05, 0.1) is 18.6 Å². The summed E-state index contributed by atoms with van der Waals surface area (Å²) in [6, 6.07) is 8.13. The van der Waals surface area contributed by atoms with Crippen molar-refractivity contribution in [3.8, 4) is 17.2 Å². The molecule has 1 aliphatic rings. The molecule has 1 fully saturated rings. The molecule has 3 aromatic heterocycles. The van der Waals surface area contributed by atoms with Crippen LogP contribution in [0, 0.1) is 20.8 Å². The molecule has 0 aliphatic carbocycles. The molecular formula is C21H24N7OS+. The van der Waals surface area contributed by atoms with Crippen molar-refractivity contribution in [2.45, 2.75) is 27.3 Å². The van der Waals surface area contributed by atoms with Crippen LogP contribution in [-0.2, 0) is 11.3 Å². The molecular weight excluding hydrogens is 398 g/mol.